The lowest BCUT2D eigenvalue weighted by Crippen LogP contribution is -2.34. The lowest BCUT2D eigenvalue weighted by Gasteiger charge is -2.21. The molecule has 2 aromatic carbocycles. The maximum atomic E-state index is 13.7. The highest BCUT2D eigenvalue weighted by Gasteiger charge is 2.45. The molecule has 1 saturated carbocycles. The molecule has 2 aromatic heterocycles. The van der Waals surface area contributed by atoms with Crippen molar-refractivity contribution in [3.8, 4) is 11.5 Å². The number of fused-ring (bicyclic) bond motifs is 1. The summed E-state index contributed by atoms with van der Waals surface area (Å²) in [6.45, 7) is -0.170. The number of nitrogens with zero attached hydrogens (tertiary/aromatic N) is 3. The van der Waals surface area contributed by atoms with Gasteiger partial charge in [0.05, 0.1) is 12.3 Å². The second-order valence-corrected chi connectivity index (χ2v) is 12.9. The van der Waals surface area contributed by atoms with Gasteiger partial charge in [-0.2, -0.15) is 4.98 Å². The van der Waals surface area contributed by atoms with Gasteiger partial charge in [0.15, 0.2) is 12.6 Å². The van der Waals surface area contributed by atoms with Crippen LogP contribution >= 0.6 is 19.2 Å². The largest absolute Gasteiger partial charge is 0.456 e. The molecule has 42 heavy (non-hydrogen) atoms. The Hall–Kier alpha value is -2.98. The van der Waals surface area contributed by atoms with E-state index in [0.717, 1.165) is 17.5 Å². The topological polar surface area (TPSA) is 125 Å². The average molecular weight is 614 g/mol. The van der Waals surface area contributed by atoms with E-state index in [1.807, 2.05) is 18.2 Å². The highest BCUT2D eigenvalue weighted by molar-refractivity contribution is 7.54. The number of halogens is 1. The number of para-hydroxylation sites is 2. The summed E-state index contributed by atoms with van der Waals surface area (Å²) in [5.41, 5.74) is 1.40. The number of hydrogen-bond acceptors (Lipinski definition) is 9. The fraction of sp³-hybridized carbons (Fsp3) is 0.400. The SMILES string of the molecule is O=P(COC[C@H]1O[C@@H](n2ccc3c(CC4CCCC4)nc(Cl)nc32)[C@H](O)[C@@H]1O)(Oc1ccccc1)Oc1ccccc1. The number of ether oxygens (including phenoxy) is 2. The molecule has 1 aliphatic carbocycles. The van der Waals surface area contributed by atoms with Crippen LogP contribution in [0.4, 0.5) is 0 Å². The Morgan fingerprint density at radius 2 is 1.57 bits per heavy atom. The van der Waals surface area contributed by atoms with Crippen LogP contribution in [-0.2, 0) is 20.5 Å². The van der Waals surface area contributed by atoms with Crippen molar-refractivity contribution >= 4 is 30.2 Å². The van der Waals surface area contributed by atoms with E-state index in [1.165, 1.54) is 25.7 Å². The number of aliphatic hydroxyl groups is 2. The molecule has 3 heterocycles. The van der Waals surface area contributed by atoms with E-state index in [9.17, 15) is 14.8 Å². The standard InChI is InChI=1S/C30H33ClN3O7P/c31-30-32-24(17-20-9-7-8-10-20)23-15-16-34(28(23)33-30)29-27(36)26(35)25(39-29)18-38-19-42(37,40-21-11-3-1-4-12-21)41-22-13-5-2-6-14-22/h1-6,11-16,20,25-27,29,35-36H,7-10,17-19H2/t25-,26-,27-,29-/m1/s1. The van der Waals surface area contributed by atoms with Gasteiger partial charge in [-0.1, -0.05) is 62.1 Å². The average Bonchev–Trinajstić information content (AvgIpc) is 3.71. The summed E-state index contributed by atoms with van der Waals surface area (Å²) in [5, 5.41) is 22.7. The van der Waals surface area contributed by atoms with Gasteiger partial charge in [-0.15, -0.1) is 0 Å². The minimum atomic E-state index is -3.83. The molecule has 1 saturated heterocycles. The number of rotatable bonds is 11. The molecule has 4 aromatic rings. The van der Waals surface area contributed by atoms with E-state index in [-0.39, 0.29) is 11.9 Å². The van der Waals surface area contributed by atoms with Crippen molar-refractivity contribution in [3.63, 3.8) is 0 Å². The molecule has 0 bridgehead atoms. The Balaban J connectivity index is 1.15. The molecule has 0 unspecified atom stereocenters. The van der Waals surface area contributed by atoms with Crippen molar-refractivity contribution in [1.82, 2.24) is 14.5 Å². The minimum Gasteiger partial charge on any atom is -0.415 e. The molecule has 1 aliphatic heterocycles. The summed E-state index contributed by atoms with van der Waals surface area (Å²) < 4.78 is 38.7. The van der Waals surface area contributed by atoms with Crippen molar-refractivity contribution in [3.05, 3.63) is 83.9 Å². The van der Waals surface area contributed by atoms with Gasteiger partial charge in [0.25, 0.3) is 0 Å². The summed E-state index contributed by atoms with van der Waals surface area (Å²) in [6.07, 6.45) is 2.55. The number of hydrogen-bond donors (Lipinski definition) is 2. The summed E-state index contributed by atoms with van der Waals surface area (Å²) in [6, 6.07) is 19.2. The van der Waals surface area contributed by atoms with Crippen LogP contribution in [0.1, 0.15) is 37.6 Å². The number of aliphatic hydroxyl groups excluding tert-OH is 2. The van der Waals surface area contributed by atoms with Crippen LogP contribution in [0.3, 0.4) is 0 Å². The van der Waals surface area contributed by atoms with Crippen molar-refractivity contribution in [1.29, 1.82) is 0 Å². The zero-order chi connectivity index (χ0) is 29.1. The number of benzene rings is 2. The molecular formula is C30H33ClN3O7P. The van der Waals surface area contributed by atoms with E-state index in [4.69, 9.17) is 30.1 Å². The predicted molar refractivity (Wildman–Crippen MR) is 157 cm³/mol. The van der Waals surface area contributed by atoms with Crippen LogP contribution in [0.25, 0.3) is 11.0 Å². The van der Waals surface area contributed by atoms with Crippen LogP contribution in [0.2, 0.25) is 5.28 Å². The normalized spacial score (nSPS) is 23.0. The lowest BCUT2D eigenvalue weighted by molar-refractivity contribution is -0.0609. The molecule has 0 spiro atoms. The molecule has 2 fully saturated rings. The summed E-state index contributed by atoms with van der Waals surface area (Å²) in [7, 11) is -3.83. The second-order valence-electron chi connectivity index (χ2n) is 10.7. The first-order valence-electron chi connectivity index (χ1n) is 14.1. The molecule has 0 amide bonds. The molecule has 0 radical (unpaired) electrons. The first kappa shape index (κ1) is 29.1. The van der Waals surface area contributed by atoms with E-state index in [2.05, 4.69) is 9.97 Å². The Bertz CT molecular complexity index is 1490. The van der Waals surface area contributed by atoms with Crippen molar-refractivity contribution in [2.75, 3.05) is 13.0 Å². The first-order valence-corrected chi connectivity index (χ1v) is 16.2. The Kier molecular flexibility index (Phi) is 8.81. The van der Waals surface area contributed by atoms with E-state index in [1.54, 1.807) is 59.3 Å². The molecule has 4 atom stereocenters. The van der Waals surface area contributed by atoms with Crippen LogP contribution in [-0.4, -0.2) is 56.0 Å². The number of aromatic nitrogens is 3. The van der Waals surface area contributed by atoms with Crippen LogP contribution < -0.4 is 9.05 Å². The summed E-state index contributed by atoms with van der Waals surface area (Å²) >= 11 is 6.31. The van der Waals surface area contributed by atoms with Gasteiger partial charge in [0.2, 0.25) is 5.28 Å². The minimum absolute atomic E-state index is 0.121. The van der Waals surface area contributed by atoms with Gasteiger partial charge in [0.1, 0.15) is 35.5 Å². The third-order valence-electron chi connectivity index (χ3n) is 7.70. The third-order valence-corrected chi connectivity index (χ3v) is 9.34. The van der Waals surface area contributed by atoms with Gasteiger partial charge >= 0.3 is 7.60 Å². The highest BCUT2D eigenvalue weighted by Crippen LogP contribution is 2.48. The van der Waals surface area contributed by atoms with Crippen molar-refractivity contribution < 1.29 is 33.3 Å². The van der Waals surface area contributed by atoms with Crippen molar-refractivity contribution in [2.24, 2.45) is 5.92 Å². The van der Waals surface area contributed by atoms with Crippen LogP contribution in [0, 0.1) is 5.92 Å². The molecule has 6 rings (SSSR count). The van der Waals surface area contributed by atoms with E-state index < -0.39 is 38.5 Å². The molecule has 222 valence electrons. The van der Waals surface area contributed by atoms with Gasteiger partial charge in [0, 0.05) is 11.6 Å². The zero-order valence-electron chi connectivity index (χ0n) is 22.9. The van der Waals surface area contributed by atoms with Crippen LogP contribution in [0.5, 0.6) is 11.5 Å². The van der Waals surface area contributed by atoms with E-state index in [0.29, 0.717) is 23.1 Å². The predicted octanol–water partition coefficient (Wildman–Crippen LogP) is 5.76. The maximum absolute atomic E-state index is 13.7. The fourth-order valence-electron chi connectivity index (χ4n) is 5.65. The zero-order valence-corrected chi connectivity index (χ0v) is 24.5. The smallest absolute Gasteiger partial charge is 0.415 e. The molecule has 2 aliphatic rings. The van der Waals surface area contributed by atoms with Gasteiger partial charge in [-0.05, 0) is 54.3 Å². The lowest BCUT2D eigenvalue weighted by atomic mass is 10.0. The third kappa shape index (κ3) is 6.49. The molecule has 10 nitrogen and oxygen atoms in total. The van der Waals surface area contributed by atoms with Crippen LogP contribution in [0.15, 0.2) is 72.9 Å². The second kappa shape index (κ2) is 12.7. The highest BCUT2D eigenvalue weighted by atomic mass is 35.5. The summed E-state index contributed by atoms with van der Waals surface area (Å²) in [4.78, 5) is 8.91. The molecule has 12 heteroatoms. The quantitative estimate of drug-likeness (QED) is 0.160. The van der Waals surface area contributed by atoms with Gasteiger partial charge in [-0.3, -0.25) is 0 Å². The molecular weight excluding hydrogens is 581 g/mol. The Morgan fingerprint density at radius 1 is 0.929 bits per heavy atom. The fourth-order valence-corrected chi connectivity index (χ4v) is 7.19. The monoisotopic (exact) mass is 613 g/mol. The summed E-state index contributed by atoms with van der Waals surface area (Å²) in [5.74, 6) is 1.28. The van der Waals surface area contributed by atoms with Crippen molar-refractivity contribution in [2.45, 2.75) is 56.6 Å². The van der Waals surface area contributed by atoms with Gasteiger partial charge in [-0.25, -0.2) is 9.55 Å². The molecule has 2 N–H and O–H groups in total. The first-order chi connectivity index (χ1) is 20.4. The van der Waals surface area contributed by atoms with E-state index >= 15 is 0 Å². The van der Waals surface area contributed by atoms with Gasteiger partial charge < -0.3 is 33.3 Å². The Morgan fingerprint density at radius 3 is 2.21 bits per heavy atom. The maximum Gasteiger partial charge on any atom is 0.456 e. The Labute approximate surface area is 248 Å².